The molecule has 0 saturated carbocycles. The molecule has 1 amide bonds. The first-order valence-corrected chi connectivity index (χ1v) is 11.0. The van der Waals surface area contributed by atoms with Gasteiger partial charge in [-0.15, -0.1) is 0 Å². The van der Waals surface area contributed by atoms with Crippen molar-refractivity contribution in [2.75, 3.05) is 11.9 Å². The molecule has 8 nitrogen and oxygen atoms in total. The molecule has 3 aromatic heterocycles. The van der Waals surface area contributed by atoms with Crippen molar-refractivity contribution in [2.24, 2.45) is 0 Å². The van der Waals surface area contributed by atoms with E-state index >= 15 is 0 Å². The smallest absolute Gasteiger partial charge is 0.372 e. The Kier molecular flexibility index (Phi) is 5.81. The van der Waals surface area contributed by atoms with E-state index in [0.717, 1.165) is 19.0 Å². The number of benzene rings is 1. The van der Waals surface area contributed by atoms with Crippen molar-refractivity contribution in [1.82, 2.24) is 19.7 Å². The fourth-order valence-electron chi connectivity index (χ4n) is 4.10. The first kappa shape index (κ1) is 23.1. The first-order chi connectivity index (χ1) is 16.7. The average molecular weight is 504 g/mol. The lowest BCUT2D eigenvalue weighted by Crippen LogP contribution is -2.21. The number of alkyl halides is 3. The number of carbonyl (C=O) groups is 1. The Morgan fingerprint density at radius 2 is 2.06 bits per heavy atom. The van der Waals surface area contributed by atoms with Gasteiger partial charge in [-0.1, -0.05) is 17.7 Å². The zero-order valence-electron chi connectivity index (χ0n) is 17.9. The number of ether oxygens (including phenoxy) is 1. The predicted octanol–water partition coefficient (Wildman–Crippen LogP) is 4.88. The van der Waals surface area contributed by atoms with Crippen LogP contribution < -0.4 is 10.9 Å². The summed E-state index contributed by atoms with van der Waals surface area (Å²) in [6, 6.07) is 7.20. The summed E-state index contributed by atoms with van der Waals surface area (Å²) >= 11 is 6.28. The molecule has 35 heavy (non-hydrogen) atoms. The normalized spacial score (nSPS) is 16.1. The first-order valence-electron chi connectivity index (χ1n) is 10.6. The molecule has 2 N–H and O–H groups in total. The number of aromatic amines is 1. The number of H-pyrrole nitrogens is 1. The molecule has 4 heterocycles. The number of amides is 1. The van der Waals surface area contributed by atoms with E-state index in [-0.39, 0.29) is 33.3 Å². The molecule has 5 rings (SSSR count). The maximum absolute atomic E-state index is 14.1. The highest BCUT2D eigenvalue weighted by atomic mass is 35.5. The van der Waals surface area contributed by atoms with Crippen LogP contribution in [0.3, 0.4) is 0 Å². The lowest BCUT2D eigenvalue weighted by molar-refractivity contribution is -0.143. The molecule has 0 aliphatic carbocycles. The molecular formula is C23H17ClF3N5O3. The number of anilines is 1. The standard InChI is InChI=1S/C23H17ClF3N5O3/c24-16-9-12(10-29-19(16)18-5-2-8-35-18)31-22(34)15-11-30-32(20(15)23(25,26)27)17-4-1-3-14-13(17)6-7-28-21(14)33/h1,3-4,6-7,9-11,18H,2,5,8H2,(H,28,33)(H,31,34)/t18-/m0/s1. The number of aromatic nitrogens is 4. The summed E-state index contributed by atoms with van der Waals surface area (Å²) in [6.45, 7) is 0.594. The van der Waals surface area contributed by atoms with Crippen LogP contribution in [0.4, 0.5) is 18.9 Å². The van der Waals surface area contributed by atoms with Crippen molar-refractivity contribution in [3.05, 3.63) is 81.3 Å². The second-order valence-electron chi connectivity index (χ2n) is 7.91. The molecule has 4 aromatic rings. The van der Waals surface area contributed by atoms with Crippen molar-refractivity contribution < 1.29 is 22.7 Å². The number of nitrogens with one attached hydrogen (secondary N) is 2. The fourth-order valence-corrected chi connectivity index (χ4v) is 4.39. The van der Waals surface area contributed by atoms with Crippen molar-refractivity contribution in [3.63, 3.8) is 0 Å². The number of halogens is 4. The molecule has 0 bridgehead atoms. The zero-order valence-corrected chi connectivity index (χ0v) is 18.7. The number of nitrogens with zero attached hydrogens (tertiary/aromatic N) is 3. The summed E-state index contributed by atoms with van der Waals surface area (Å²) in [5.41, 5.74) is -1.79. The second-order valence-corrected chi connectivity index (χ2v) is 8.32. The quantitative estimate of drug-likeness (QED) is 0.413. The number of carbonyl (C=O) groups excluding carboxylic acids is 1. The van der Waals surface area contributed by atoms with Crippen LogP contribution in [0.15, 0.2) is 53.7 Å². The van der Waals surface area contributed by atoms with Crippen molar-refractivity contribution >= 4 is 34.0 Å². The van der Waals surface area contributed by atoms with Crippen LogP contribution in [-0.2, 0) is 10.9 Å². The Morgan fingerprint density at radius 3 is 2.77 bits per heavy atom. The topological polar surface area (TPSA) is 102 Å². The van der Waals surface area contributed by atoms with Crippen LogP contribution in [-0.4, -0.2) is 32.3 Å². The van der Waals surface area contributed by atoms with Gasteiger partial charge in [0, 0.05) is 23.6 Å². The molecule has 180 valence electrons. The lowest BCUT2D eigenvalue weighted by Gasteiger charge is -2.15. The number of fused-ring (bicyclic) bond motifs is 1. The Balaban J connectivity index is 1.52. The van der Waals surface area contributed by atoms with E-state index in [1.54, 1.807) is 0 Å². The molecule has 1 fully saturated rings. The minimum atomic E-state index is -4.92. The largest absolute Gasteiger partial charge is 0.434 e. The molecule has 1 aromatic carbocycles. The molecule has 1 aliphatic heterocycles. The predicted molar refractivity (Wildman–Crippen MR) is 122 cm³/mol. The molecular weight excluding hydrogens is 487 g/mol. The van der Waals surface area contributed by atoms with Gasteiger partial charge in [-0.05, 0) is 37.1 Å². The van der Waals surface area contributed by atoms with E-state index in [1.807, 2.05) is 0 Å². The lowest BCUT2D eigenvalue weighted by atomic mass is 10.1. The van der Waals surface area contributed by atoms with Gasteiger partial charge in [-0.3, -0.25) is 14.6 Å². The maximum atomic E-state index is 14.1. The zero-order chi connectivity index (χ0) is 24.7. The highest BCUT2D eigenvalue weighted by Gasteiger charge is 2.41. The van der Waals surface area contributed by atoms with E-state index in [4.69, 9.17) is 16.3 Å². The maximum Gasteiger partial charge on any atom is 0.434 e. The minimum absolute atomic E-state index is 0.00519. The highest BCUT2D eigenvalue weighted by Crippen LogP contribution is 2.36. The van der Waals surface area contributed by atoms with Crippen LogP contribution in [0.2, 0.25) is 5.02 Å². The van der Waals surface area contributed by atoms with Gasteiger partial charge in [0.25, 0.3) is 11.5 Å². The average Bonchev–Trinajstić information content (AvgIpc) is 3.49. The third kappa shape index (κ3) is 4.28. The van der Waals surface area contributed by atoms with Crippen LogP contribution in [0.1, 0.15) is 40.7 Å². The van der Waals surface area contributed by atoms with Crippen molar-refractivity contribution in [2.45, 2.75) is 25.1 Å². The number of pyridine rings is 2. The summed E-state index contributed by atoms with van der Waals surface area (Å²) < 4.78 is 48.6. The summed E-state index contributed by atoms with van der Waals surface area (Å²) in [4.78, 5) is 31.7. The van der Waals surface area contributed by atoms with E-state index < -0.39 is 28.9 Å². The molecule has 12 heteroatoms. The van der Waals surface area contributed by atoms with Gasteiger partial charge in [0.15, 0.2) is 5.69 Å². The Bertz CT molecular complexity index is 1490. The molecule has 0 radical (unpaired) electrons. The Labute approximate surface area is 200 Å². The van der Waals surface area contributed by atoms with E-state index in [0.29, 0.717) is 17.0 Å². The van der Waals surface area contributed by atoms with Gasteiger partial charge in [-0.25, -0.2) is 4.68 Å². The third-order valence-corrected chi connectivity index (χ3v) is 5.97. The van der Waals surface area contributed by atoms with E-state index in [9.17, 15) is 22.8 Å². The molecule has 0 spiro atoms. The Morgan fingerprint density at radius 1 is 1.23 bits per heavy atom. The molecule has 1 atom stereocenters. The third-order valence-electron chi connectivity index (χ3n) is 5.66. The monoisotopic (exact) mass is 503 g/mol. The van der Waals surface area contributed by atoms with Gasteiger partial charge in [-0.2, -0.15) is 18.3 Å². The molecule has 1 aliphatic rings. The molecule has 0 unspecified atom stereocenters. The van der Waals surface area contributed by atoms with E-state index in [1.165, 1.54) is 42.7 Å². The van der Waals surface area contributed by atoms with Crippen LogP contribution in [0.25, 0.3) is 16.5 Å². The van der Waals surface area contributed by atoms with Crippen LogP contribution >= 0.6 is 11.6 Å². The van der Waals surface area contributed by atoms with Crippen molar-refractivity contribution in [1.29, 1.82) is 0 Å². The summed E-state index contributed by atoms with van der Waals surface area (Å²) in [6.07, 6.45) is -0.0737. The Hall–Kier alpha value is -3.70. The van der Waals surface area contributed by atoms with Gasteiger partial charge in [0.1, 0.15) is 6.10 Å². The summed E-state index contributed by atoms with van der Waals surface area (Å²) in [7, 11) is 0. The van der Waals surface area contributed by atoms with Crippen molar-refractivity contribution in [3.8, 4) is 5.69 Å². The molecule has 1 saturated heterocycles. The fraction of sp³-hybridized carbons (Fsp3) is 0.217. The van der Waals surface area contributed by atoms with Gasteiger partial charge in [0.2, 0.25) is 0 Å². The van der Waals surface area contributed by atoms with E-state index in [2.05, 4.69) is 20.4 Å². The van der Waals surface area contributed by atoms with Crippen LogP contribution in [0, 0.1) is 0 Å². The minimum Gasteiger partial charge on any atom is -0.372 e. The summed E-state index contributed by atoms with van der Waals surface area (Å²) in [5, 5.41) is 6.92. The van der Waals surface area contributed by atoms with Gasteiger partial charge >= 0.3 is 6.18 Å². The SMILES string of the molecule is O=C(Nc1cnc([C@@H]2CCCO2)c(Cl)c1)c1cnn(-c2cccc3c(=O)[nH]ccc23)c1C(F)(F)F. The van der Waals surface area contributed by atoms with Gasteiger partial charge in [0.05, 0.1) is 40.0 Å². The highest BCUT2D eigenvalue weighted by molar-refractivity contribution is 6.31. The number of hydrogen-bond donors (Lipinski definition) is 2. The summed E-state index contributed by atoms with van der Waals surface area (Å²) in [5.74, 6) is -1.04. The number of hydrogen-bond acceptors (Lipinski definition) is 5. The van der Waals surface area contributed by atoms with Gasteiger partial charge < -0.3 is 15.0 Å². The second kappa shape index (κ2) is 8.82. The van der Waals surface area contributed by atoms with Crippen LogP contribution in [0.5, 0.6) is 0 Å². The number of rotatable bonds is 4.